The Kier molecular flexibility index (Phi) is 7.51. The van der Waals surface area contributed by atoms with E-state index in [0.29, 0.717) is 23.2 Å². The van der Waals surface area contributed by atoms with E-state index in [1.165, 1.54) is 0 Å². The average molecular weight is 528 g/mol. The van der Waals surface area contributed by atoms with Crippen LogP contribution in [0.5, 0.6) is 0 Å². The molecule has 0 amide bonds. The number of rotatable bonds is 6. The summed E-state index contributed by atoms with van der Waals surface area (Å²) in [6.07, 6.45) is 2.34. The number of hydrogen-bond donors (Lipinski definition) is 0. The summed E-state index contributed by atoms with van der Waals surface area (Å²) in [5.41, 5.74) is 5.69. The lowest BCUT2D eigenvalue weighted by molar-refractivity contribution is -0.145. The lowest BCUT2D eigenvalue weighted by Crippen LogP contribution is -2.23. The van der Waals surface area contributed by atoms with E-state index in [0.717, 1.165) is 43.0 Å². The van der Waals surface area contributed by atoms with Crippen LogP contribution in [-0.2, 0) is 9.53 Å². The molecule has 1 atom stereocenters. The molecule has 35 heavy (non-hydrogen) atoms. The van der Waals surface area contributed by atoms with Crippen molar-refractivity contribution in [1.29, 1.82) is 0 Å². The highest BCUT2D eigenvalue weighted by atomic mass is 35.5. The first-order valence-corrected chi connectivity index (χ1v) is 13.1. The van der Waals surface area contributed by atoms with Crippen molar-refractivity contribution < 1.29 is 9.53 Å². The van der Waals surface area contributed by atoms with Gasteiger partial charge in [-0.1, -0.05) is 56.1 Å². The largest absolute Gasteiger partial charge is 0.466 e. The van der Waals surface area contributed by atoms with E-state index in [2.05, 4.69) is 31.8 Å². The van der Waals surface area contributed by atoms with Crippen LogP contribution in [0.25, 0.3) is 31.9 Å². The molecule has 0 aliphatic carbocycles. The molecule has 0 saturated carbocycles. The highest BCUT2D eigenvalue weighted by molar-refractivity contribution is 7.22. The molecule has 4 aromatic rings. The topological polar surface area (TPSA) is 52.1 Å². The first-order valence-electron chi connectivity index (χ1n) is 11.6. The molecule has 0 radical (unpaired) electrons. The number of halogens is 2. The van der Waals surface area contributed by atoms with Gasteiger partial charge < -0.3 is 4.74 Å². The van der Waals surface area contributed by atoms with E-state index in [4.69, 9.17) is 32.9 Å². The molecule has 2 heterocycles. The molecule has 0 unspecified atom stereocenters. The molecule has 0 saturated heterocycles. The number of aryl methyl sites for hydroxylation is 1. The fourth-order valence-corrected chi connectivity index (χ4v) is 5.80. The van der Waals surface area contributed by atoms with Crippen molar-refractivity contribution in [2.75, 3.05) is 6.61 Å². The minimum Gasteiger partial charge on any atom is -0.466 e. The van der Waals surface area contributed by atoms with Gasteiger partial charge in [0.25, 0.3) is 0 Å². The van der Waals surface area contributed by atoms with Gasteiger partial charge in [-0.3, -0.25) is 4.79 Å². The molecule has 2 aromatic heterocycles. The third-order valence-electron chi connectivity index (χ3n) is 5.77. The summed E-state index contributed by atoms with van der Waals surface area (Å²) in [6.45, 7) is 10.7. The molecule has 0 aliphatic rings. The number of ether oxygens (including phenoxy) is 1. The van der Waals surface area contributed by atoms with Crippen LogP contribution >= 0.6 is 34.5 Å². The Hall–Kier alpha value is -2.47. The molecule has 0 fully saturated rings. The Morgan fingerprint density at radius 2 is 1.80 bits per heavy atom. The highest BCUT2D eigenvalue weighted by Crippen LogP contribution is 2.46. The van der Waals surface area contributed by atoms with Crippen LogP contribution in [-0.4, -0.2) is 22.5 Å². The lowest BCUT2D eigenvalue weighted by atomic mass is 9.77. The van der Waals surface area contributed by atoms with E-state index in [9.17, 15) is 4.79 Å². The van der Waals surface area contributed by atoms with Gasteiger partial charge in [-0.05, 0) is 72.7 Å². The van der Waals surface area contributed by atoms with Gasteiger partial charge in [0.1, 0.15) is 10.2 Å². The standard InChI is InChI=1S/C28H28Cl2N2O2S/c1-6-34-27(33)20(15-28(3,4)5)23-16(2)13-21-25(24(23)17-7-9-19(29)10-8-17)35-26(32-21)18-11-12-31-22(30)14-18/h7-14,20H,6,15H2,1-5H3/t20-/m0/s1. The first kappa shape index (κ1) is 25.6. The predicted molar refractivity (Wildman–Crippen MR) is 146 cm³/mol. The number of thiazole rings is 1. The number of pyridine rings is 1. The van der Waals surface area contributed by atoms with E-state index >= 15 is 0 Å². The molecular weight excluding hydrogens is 499 g/mol. The third-order valence-corrected chi connectivity index (χ3v) is 7.37. The molecule has 182 valence electrons. The van der Waals surface area contributed by atoms with Gasteiger partial charge in [-0.2, -0.15) is 0 Å². The molecule has 7 heteroatoms. The summed E-state index contributed by atoms with van der Waals surface area (Å²) >= 11 is 14.0. The molecule has 0 bridgehead atoms. The van der Waals surface area contributed by atoms with Crippen molar-refractivity contribution in [2.24, 2.45) is 5.41 Å². The number of esters is 1. The fourth-order valence-electron chi connectivity index (χ4n) is 4.38. The maximum atomic E-state index is 13.3. The van der Waals surface area contributed by atoms with Crippen LogP contribution in [0.15, 0.2) is 48.7 Å². The maximum absolute atomic E-state index is 13.3. The van der Waals surface area contributed by atoms with Crippen LogP contribution < -0.4 is 0 Å². The summed E-state index contributed by atoms with van der Waals surface area (Å²) in [5, 5.41) is 1.93. The second kappa shape index (κ2) is 10.3. The van der Waals surface area contributed by atoms with E-state index in [1.807, 2.05) is 50.2 Å². The number of nitrogens with zero attached hydrogens (tertiary/aromatic N) is 2. The van der Waals surface area contributed by atoms with Gasteiger partial charge in [0.05, 0.1) is 22.7 Å². The van der Waals surface area contributed by atoms with Crippen LogP contribution in [0, 0.1) is 12.3 Å². The van der Waals surface area contributed by atoms with Gasteiger partial charge in [-0.15, -0.1) is 11.3 Å². The summed E-state index contributed by atoms with van der Waals surface area (Å²) < 4.78 is 6.59. The number of fused-ring (bicyclic) bond motifs is 1. The Balaban J connectivity index is 2.03. The molecule has 4 rings (SSSR count). The maximum Gasteiger partial charge on any atom is 0.313 e. The summed E-state index contributed by atoms with van der Waals surface area (Å²) in [4.78, 5) is 22.4. The van der Waals surface area contributed by atoms with Gasteiger partial charge in [0.15, 0.2) is 0 Å². The normalized spacial score (nSPS) is 12.7. The van der Waals surface area contributed by atoms with Crippen molar-refractivity contribution in [2.45, 2.75) is 47.0 Å². The Labute approximate surface area is 220 Å². The van der Waals surface area contributed by atoms with E-state index < -0.39 is 5.92 Å². The minimum atomic E-state index is -0.411. The first-order chi connectivity index (χ1) is 16.6. The second-order valence-electron chi connectivity index (χ2n) is 9.79. The van der Waals surface area contributed by atoms with Crippen molar-refractivity contribution >= 4 is 50.7 Å². The number of benzene rings is 2. The van der Waals surface area contributed by atoms with Crippen LogP contribution in [0.1, 0.15) is 51.2 Å². The number of hydrogen-bond acceptors (Lipinski definition) is 5. The number of carbonyl (C=O) groups excluding carboxylic acids is 1. The summed E-state index contributed by atoms with van der Waals surface area (Å²) in [7, 11) is 0. The van der Waals surface area contributed by atoms with Gasteiger partial charge >= 0.3 is 5.97 Å². The zero-order chi connectivity index (χ0) is 25.3. The van der Waals surface area contributed by atoms with Gasteiger partial charge in [-0.25, -0.2) is 9.97 Å². The second-order valence-corrected chi connectivity index (χ2v) is 11.6. The van der Waals surface area contributed by atoms with E-state index in [-0.39, 0.29) is 11.4 Å². The quantitative estimate of drug-likeness (QED) is 0.186. The summed E-state index contributed by atoms with van der Waals surface area (Å²) in [5.74, 6) is -0.614. The zero-order valence-corrected chi connectivity index (χ0v) is 22.8. The average Bonchev–Trinajstić information content (AvgIpc) is 3.20. The smallest absolute Gasteiger partial charge is 0.313 e. The molecule has 4 nitrogen and oxygen atoms in total. The van der Waals surface area contributed by atoms with Gasteiger partial charge in [0, 0.05) is 22.3 Å². The number of carbonyl (C=O) groups is 1. The molecule has 0 spiro atoms. The monoisotopic (exact) mass is 526 g/mol. The predicted octanol–water partition coefficient (Wildman–Crippen LogP) is 8.72. The minimum absolute atomic E-state index is 0.0806. The summed E-state index contributed by atoms with van der Waals surface area (Å²) in [6, 6.07) is 13.5. The molecular formula is C28H28Cl2N2O2S. The van der Waals surface area contributed by atoms with Crippen LogP contribution in [0.2, 0.25) is 10.2 Å². The third kappa shape index (κ3) is 5.69. The molecule has 0 aliphatic heterocycles. The van der Waals surface area contributed by atoms with Crippen molar-refractivity contribution in [3.05, 3.63) is 70.0 Å². The number of aromatic nitrogens is 2. The highest BCUT2D eigenvalue weighted by Gasteiger charge is 2.32. The lowest BCUT2D eigenvalue weighted by Gasteiger charge is -2.28. The van der Waals surface area contributed by atoms with Crippen molar-refractivity contribution in [3.63, 3.8) is 0 Å². The molecule has 2 aromatic carbocycles. The Morgan fingerprint density at radius 3 is 2.43 bits per heavy atom. The molecule has 0 N–H and O–H groups in total. The fraction of sp³-hybridized carbons (Fsp3) is 0.321. The van der Waals surface area contributed by atoms with E-state index in [1.54, 1.807) is 17.5 Å². The Morgan fingerprint density at radius 1 is 1.09 bits per heavy atom. The van der Waals surface area contributed by atoms with Crippen molar-refractivity contribution in [1.82, 2.24) is 9.97 Å². The van der Waals surface area contributed by atoms with Crippen LogP contribution in [0.4, 0.5) is 0 Å². The Bertz CT molecular complexity index is 1370. The SMILES string of the molecule is CCOC(=O)[C@@H](CC(C)(C)C)c1c(C)cc2nc(-c3ccnc(Cl)c3)sc2c1-c1ccc(Cl)cc1. The van der Waals surface area contributed by atoms with Crippen molar-refractivity contribution in [3.8, 4) is 21.7 Å². The van der Waals surface area contributed by atoms with Crippen LogP contribution in [0.3, 0.4) is 0 Å². The van der Waals surface area contributed by atoms with Gasteiger partial charge in [0.2, 0.25) is 0 Å². The zero-order valence-electron chi connectivity index (χ0n) is 20.5.